The highest BCUT2D eigenvalue weighted by Crippen LogP contribution is 2.46. The number of nitriles is 1. The van der Waals surface area contributed by atoms with E-state index in [2.05, 4.69) is 11.4 Å². The number of thioether (sulfide) groups is 1. The second kappa shape index (κ2) is 9.23. The van der Waals surface area contributed by atoms with Crippen LogP contribution in [0.2, 0.25) is 5.02 Å². The molecule has 8 heteroatoms. The minimum atomic E-state index is -1.57. The lowest BCUT2D eigenvalue weighted by Crippen LogP contribution is -2.56. The Bertz CT molecular complexity index is 934. The van der Waals surface area contributed by atoms with Gasteiger partial charge in [-0.1, -0.05) is 29.8 Å². The Balaban J connectivity index is 2.00. The standard InChI is InChI=1S/C21H21ClN2O3S2/c1-3-27-20(25)18-17(16-5-4-10-28-16)15(11-23)19(24-21(18,2)26)29-12-13-6-8-14(22)9-7-13/h4-10,17-18,24,26H,3,12H2,1-2H3/t17-,18+,21-/m1/s1. The summed E-state index contributed by atoms with van der Waals surface area (Å²) >= 11 is 8.81. The number of aliphatic hydroxyl groups is 1. The number of benzene rings is 1. The van der Waals surface area contributed by atoms with Crippen LogP contribution in [0.3, 0.4) is 0 Å². The monoisotopic (exact) mass is 448 g/mol. The Kier molecular flexibility index (Phi) is 6.91. The van der Waals surface area contributed by atoms with Crippen molar-refractivity contribution in [2.45, 2.75) is 31.2 Å². The molecule has 0 saturated heterocycles. The van der Waals surface area contributed by atoms with Crippen LogP contribution < -0.4 is 5.32 Å². The van der Waals surface area contributed by atoms with E-state index in [-0.39, 0.29) is 6.61 Å². The van der Waals surface area contributed by atoms with E-state index < -0.39 is 23.5 Å². The topological polar surface area (TPSA) is 82.4 Å². The number of nitrogens with zero attached hydrogens (tertiary/aromatic N) is 1. The summed E-state index contributed by atoms with van der Waals surface area (Å²) < 4.78 is 5.23. The van der Waals surface area contributed by atoms with Gasteiger partial charge in [-0.25, -0.2) is 0 Å². The summed E-state index contributed by atoms with van der Waals surface area (Å²) in [4.78, 5) is 13.6. The number of thiophene rings is 1. The molecule has 2 aromatic rings. The first-order valence-electron chi connectivity index (χ1n) is 9.09. The SMILES string of the molecule is CCOC(=O)[C@@H]1[C@@H](c2cccs2)C(C#N)=C(SCc2ccc(Cl)cc2)N[C@]1(C)O. The molecular formula is C21H21ClN2O3S2. The molecule has 29 heavy (non-hydrogen) atoms. The molecular weight excluding hydrogens is 428 g/mol. The van der Waals surface area contributed by atoms with Gasteiger partial charge < -0.3 is 15.2 Å². The molecule has 2 N–H and O–H groups in total. The molecule has 0 unspecified atom stereocenters. The van der Waals surface area contributed by atoms with Gasteiger partial charge in [-0.2, -0.15) is 5.26 Å². The smallest absolute Gasteiger partial charge is 0.314 e. The van der Waals surface area contributed by atoms with E-state index in [1.54, 1.807) is 13.8 Å². The molecule has 0 spiro atoms. The lowest BCUT2D eigenvalue weighted by atomic mass is 9.76. The second-order valence-electron chi connectivity index (χ2n) is 6.77. The number of rotatable bonds is 6. The van der Waals surface area contributed by atoms with E-state index in [0.29, 0.717) is 21.4 Å². The maximum Gasteiger partial charge on any atom is 0.314 e. The van der Waals surface area contributed by atoms with Gasteiger partial charge in [0.1, 0.15) is 11.6 Å². The number of hydrogen-bond donors (Lipinski definition) is 2. The zero-order valence-corrected chi connectivity index (χ0v) is 18.4. The molecule has 1 aliphatic rings. The van der Waals surface area contributed by atoms with Gasteiger partial charge in [-0.15, -0.1) is 23.1 Å². The largest absolute Gasteiger partial charge is 0.466 e. The van der Waals surface area contributed by atoms with Crippen LogP contribution in [-0.2, 0) is 15.3 Å². The van der Waals surface area contributed by atoms with Crippen molar-refractivity contribution in [1.82, 2.24) is 5.32 Å². The third kappa shape index (κ3) is 4.78. The summed E-state index contributed by atoms with van der Waals surface area (Å²) in [6.45, 7) is 3.47. The number of allylic oxidation sites excluding steroid dienone is 1. The molecule has 1 aromatic heterocycles. The van der Waals surface area contributed by atoms with Crippen LogP contribution in [0, 0.1) is 17.2 Å². The first kappa shape index (κ1) is 21.7. The number of halogens is 1. The molecule has 5 nitrogen and oxygen atoms in total. The third-order valence-electron chi connectivity index (χ3n) is 4.67. The first-order valence-corrected chi connectivity index (χ1v) is 11.3. The molecule has 1 aliphatic heterocycles. The predicted molar refractivity (Wildman–Crippen MR) is 116 cm³/mol. The highest BCUT2D eigenvalue weighted by atomic mass is 35.5. The fourth-order valence-corrected chi connectivity index (χ4v) is 5.46. The van der Waals surface area contributed by atoms with Gasteiger partial charge in [-0.3, -0.25) is 4.79 Å². The van der Waals surface area contributed by atoms with E-state index >= 15 is 0 Å². The molecule has 0 saturated carbocycles. The Morgan fingerprint density at radius 2 is 2.14 bits per heavy atom. The lowest BCUT2D eigenvalue weighted by molar-refractivity contribution is -0.160. The number of carbonyl (C=O) groups excluding carboxylic acids is 1. The molecule has 3 atom stereocenters. The highest BCUT2D eigenvalue weighted by molar-refractivity contribution is 8.02. The number of hydrogen-bond acceptors (Lipinski definition) is 7. The zero-order chi connectivity index (χ0) is 21.0. The Labute approximate surface area is 183 Å². The fourth-order valence-electron chi connectivity index (χ4n) is 3.35. The van der Waals surface area contributed by atoms with Crippen molar-refractivity contribution in [1.29, 1.82) is 5.26 Å². The summed E-state index contributed by atoms with van der Waals surface area (Å²) in [5.41, 5.74) is -0.106. The Morgan fingerprint density at radius 1 is 1.41 bits per heavy atom. The number of ether oxygens (including phenoxy) is 1. The van der Waals surface area contributed by atoms with Crippen LogP contribution in [0.4, 0.5) is 0 Å². The van der Waals surface area contributed by atoms with E-state index in [4.69, 9.17) is 16.3 Å². The van der Waals surface area contributed by atoms with Crippen LogP contribution >= 0.6 is 34.7 Å². The second-order valence-corrected chi connectivity index (χ2v) is 9.17. The van der Waals surface area contributed by atoms with Crippen molar-refractivity contribution in [3.63, 3.8) is 0 Å². The fraction of sp³-hybridized carbons (Fsp3) is 0.333. The maximum absolute atomic E-state index is 12.7. The molecule has 0 bridgehead atoms. The summed E-state index contributed by atoms with van der Waals surface area (Å²) in [6.07, 6.45) is 0. The lowest BCUT2D eigenvalue weighted by Gasteiger charge is -2.42. The van der Waals surface area contributed by atoms with Crippen molar-refractivity contribution in [3.05, 3.63) is 67.8 Å². The van der Waals surface area contributed by atoms with Crippen LogP contribution in [0.1, 0.15) is 30.2 Å². The summed E-state index contributed by atoms with van der Waals surface area (Å²) in [5, 5.41) is 27.2. The summed E-state index contributed by atoms with van der Waals surface area (Å²) in [5.74, 6) is -1.46. The molecule has 0 radical (unpaired) electrons. The predicted octanol–water partition coefficient (Wildman–Crippen LogP) is 4.64. The van der Waals surface area contributed by atoms with Crippen molar-refractivity contribution in [2.24, 2.45) is 5.92 Å². The van der Waals surface area contributed by atoms with Crippen LogP contribution in [0.25, 0.3) is 0 Å². The number of esters is 1. The highest BCUT2D eigenvalue weighted by Gasteiger charge is 2.51. The zero-order valence-electron chi connectivity index (χ0n) is 16.0. The van der Waals surface area contributed by atoms with Crippen molar-refractivity contribution < 1.29 is 14.6 Å². The van der Waals surface area contributed by atoms with E-state index in [9.17, 15) is 15.2 Å². The number of carbonyl (C=O) groups is 1. The Hall–Kier alpha value is -1.98. The van der Waals surface area contributed by atoms with E-state index in [0.717, 1.165) is 10.4 Å². The van der Waals surface area contributed by atoms with Crippen molar-refractivity contribution in [2.75, 3.05) is 6.61 Å². The molecule has 1 aromatic carbocycles. The van der Waals surface area contributed by atoms with Gasteiger partial charge >= 0.3 is 5.97 Å². The average molecular weight is 449 g/mol. The molecule has 0 amide bonds. The van der Waals surface area contributed by atoms with Crippen molar-refractivity contribution >= 4 is 40.7 Å². The average Bonchev–Trinajstić information content (AvgIpc) is 3.21. The van der Waals surface area contributed by atoms with Gasteiger partial charge in [0.25, 0.3) is 0 Å². The van der Waals surface area contributed by atoms with Crippen LogP contribution in [0.15, 0.2) is 52.4 Å². The molecule has 0 fully saturated rings. The van der Waals surface area contributed by atoms with Crippen molar-refractivity contribution in [3.8, 4) is 6.07 Å². The van der Waals surface area contributed by atoms with Gasteiger partial charge in [-0.05, 0) is 43.0 Å². The molecule has 152 valence electrons. The maximum atomic E-state index is 12.7. The van der Waals surface area contributed by atoms with E-state index in [1.807, 2.05) is 41.8 Å². The van der Waals surface area contributed by atoms with E-state index in [1.165, 1.54) is 23.1 Å². The Morgan fingerprint density at radius 3 is 2.72 bits per heavy atom. The molecule has 3 rings (SSSR count). The quantitative estimate of drug-likeness (QED) is 0.626. The number of nitrogens with one attached hydrogen (secondary N) is 1. The molecule has 0 aliphatic carbocycles. The normalized spacial score (nSPS) is 24.0. The minimum absolute atomic E-state index is 0.201. The first-order chi connectivity index (χ1) is 13.9. The minimum Gasteiger partial charge on any atom is -0.466 e. The van der Waals surface area contributed by atoms with Crippen LogP contribution in [0.5, 0.6) is 0 Å². The molecule has 2 heterocycles. The summed E-state index contributed by atoms with van der Waals surface area (Å²) in [6, 6.07) is 13.5. The van der Waals surface area contributed by atoms with Gasteiger partial charge in [0.15, 0.2) is 0 Å². The van der Waals surface area contributed by atoms with Gasteiger partial charge in [0.05, 0.1) is 23.3 Å². The van der Waals surface area contributed by atoms with Gasteiger partial charge in [0, 0.05) is 21.6 Å². The third-order valence-corrected chi connectivity index (χ3v) is 6.96. The van der Waals surface area contributed by atoms with Crippen LogP contribution in [-0.4, -0.2) is 23.4 Å². The summed E-state index contributed by atoms with van der Waals surface area (Å²) in [7, 11) is 0. The van der Waals surface area contributed by atoms with Gasteiger partial charge in [0.2, 0.25) is 0 Å².